The highest BCUT2D eigenvalue weighted by atomic mass is 32.2. The van der Waals surface area contributed by atoms with Crippen molar-refractivity contribution in [2.24, 2.45) is 5.92 Å². The molecular formula is C32H38F3N3O4S. The van der Waals surface area contributed by atoms with Crippen LogP contribution in [0.25, 0.3) is 0 Å². The lowest BCUT2D eigenvalue weighted by molar-refractivity contribution is -0.140. The highest BCUT2D eigenvalue weighted by Gasteiger charge is 2.36. The first kappa shape index (κ1) is 33.6. The topological polar surface area (TPSA) is 86.8 Å². The molecule has 3 rings (SSSR count). The van der Waals surface area contributed by atoms with E-state index in [0.717, 1.165) is 28.8 Å². The molecule has 0 aliphatic rings. The summed E-state index contributed by atoms with van der Waals surface area (Å²) < 4.78 is 69.5. The van der Waals surface area contributed by atoms with Gasteiger partial charge >= 0.3 is 6.18 Å². The normalized spacial score (nSPS) is 12.6. The summed E-state index contributed by atoms with van der Waals surface area (Å²) in [6.45, 7) is 8.78. The van der Waals surface area contributed by atoms with Crippen LogP contribution in [0.4, 0.5) is 18.9 Å². The predicted octanol–water partition coefficient (Wildman–Crippen LogP) is 6.10. The number of carbonyl (C=O) groups is 2. The van der Waals surface area contributed by atoms with E-state index in [-0.39, 0.29) is 29.5 Å². The Kier molecular flexibility index (Phi) is 11.0. The Hall–Kier alpha value is -3.86. The molecule has 2 amide bonds. The van der Waals surface area contributed by atoms with Crippen molar-refractivity contribution in [3.63, 3.8) is 0 Å². The molecule has 1 N–H and O–H groups in total. The number of sulfonamides is 1. The molecule has 232 valence electrons. The minimum Gasteiger partial charge on any atom is -0.354 e. The third-order valence-electron chi connectivity index (χ3n) is 7.02. The molecule has 0 unspecified atom stereocenters. The van der Waals surface area contributed by atoms with E-state index in [2.05, 4.69) is 5.32 Å². The van der Waals surface area contributed by atoms with E-state index in [9.17, 15) is 31.2 Å². The Balaban J connectivity index is 2.12. The zero-order chi connectivity index (χ0) is 31.9. The fraction of sp³-hybridized carbons (Fsp3) is 0.375. The summed E-state index contributed by atoms with van der Waals surface area (Å²) in [6.07, 6.45) is -4.51. The molecule has 0 aliphatic carbocycles. The van der Waals surface area contributed by atoms with Gasteiger partial charge in [-0.15, -0.1) is 0 Å². The predicted molar refractivity (Wildman–Crippen MR) is 161 cm³/mol. The van der Waals surface area contributed by atoms with Crippen LogP contribution in [0.15, 0.2) is 77.7 Å². The molecule has 0 saturated carbocycles. The van der Waals surface area contributed by atoms with Gasteiger partial charge in [-0.25, -0.2) is 8.42 Å². The Morgan fingerprint density at radius 3 is 2.16 bits per heavy atom. The number of aryl methyl sites for hydroxylation is 2. The van der Waals surface area contributed by atoms with Gasteiger partial charge in [-0.1, -0.05) is 68.8 Å². The summed E-state index contributed by atoms with van der Waals surface area (Å²) in [5.41, 5.74) is 1.01. The first-order chi connectivity index (χ1) is 20.1. The Morgan fingerprint density at radius 1 is 0.930 bits per heavy atom. The largest absolute Gasteiger partial charge is 0.416 e. The van der Waals surface area contributed by atoms with Crippen LogP contribution in [-0.4, -0.2) is 44.3 Å². The Bertz CT molecular complexity index is 1520. The monoisotopic (exact) mass is 617 g/mol. The fourth-order valence-corrected chi connectivity index (χ4v) is 5.92. The molecule has 0 radical (unpaired) electrons. The number of alkyl halides is 3. The quantitative estimate of drug-likeness (QED) is 0.266. The molecule has 3 aromatic rings. The van der Waals surface area contributed by atoms with Gasteiger partial charge in [-0.3, -0.25) is 13.9 Å². The maximum atomic E-state index is 14.1. The van der Waals surface area contributed by atoms with Gasteiger partial charge in [0.25, 0.3) is 10.0 Å². The summed E-state index contributed by atoms with van der Waals surface area (Å²) in [5.74, 6) is -0.980. The zero-order valence-electron chi connectivity index (χ0n) is 25.0. The summed E-state index contributed by atoms with van der Waals surface area (Å²) >= 11 is 0. The van der Waals surface area contributed by atoms with Gasteiger partial charge in [-0.2, -0.15) is 13.2 Å². The lowest BCUT2D eigenvalue weighted by Gasteiger charge is -2.33. The summed E-state index contributed by atoms with van der Waals surface area (Å²) in [6, 6.07) is 16.0. The van der Waals surface area contributed by atoms with Crippen molar-refractivity contribution in [2.45, 2.75) is 64.7 Å². The molecule has 43 heavy (non-hydrogen) atoms. The average molecular weight is 618 g/mol. The van der Waals surface area contributed by atoms with Crippen LogP contribution >= 0.6 is 0 Å². The minimum absolute atomic E-state index is 0.000121. The molecule has 1 atom stereocenters. The smallest absolute Gasteiger partial charge is 0.354 e. The number of nitrogens with zero attached hydrogens (tertiary/aromatic N) is 2. The highest BCUT2D eigenvalue weighted by Crippen LogP contribution is 2.33. The molecule has 0 saturated heterocycles. The molecule has 0 bridgehead atoms. The fourth-order valence-electron chi connectivity index (χ4n) is 4.52. The van der Waals surface area contributed by atoms with Crippen molar-refractivity contribution in [1.82, 2.24) is 10.2 Å². The Morgan fingerprint density at radius 2 is 1.58 bits per heavy atom. The van der Waals surface area contributed by atoms with Crippen LogP contribution in [0.1, 0.15) is 49.4 Å². The number of carbonyl (C=O) groups excluding carboxylic acids is 2. The van der Waals surface area contributed by atoms with Crippen molar-refractivity contribution < 1.29 is 31.2 Å². The number of amides is 2. The van der Waals surface area contributed by atoms with Gasteiger partial charge < -0.3 is 10.2 Å². The summed E-state index contributed by atoms with van der Waals surface area (Å²) in [5, 5.41) is 2.85. The van der Waals surface area contributed by atoms with E-state index < -0.39 is 46.2 Å². The van der Waals surface area contributed by atoms with E-state index in [1.807, 2.05) is 39.0 Å². The van der Waals surface area contributed by atoms with Crippen LogP contribution in [-0.2, 0) is 32.3 Å². The van der Waals surface area contributed by atoms with Crippen molar-refractivity contribution in [1.29, 1.82) is 0 Å². The molecule has 11 heteroatoms. The molecule has 0 spiro atoms. The molecule has 0 fully saturated rings. The highest BCUT2D eigenvalue weighted by molar-refractivity contribution is 7.92. The van der Waals surface area contributed by atoms with E-state index >= 15 is 0 Å². The lowest BCUT2D eigenvalue weighted by Crippen LogP contribution is -2.52. The van der Waals surface area contributed by atoms with Crippen molar-refractivity contribution in [3.05, 3.63) is 95.1 Å². The third-order valence-corrected chi connectivity index (χ3v) is 8.81. The van der Waals surface area contributed by atoms with Crippen LogP contribution in [0.2, 0.25) is 0 Å². The van der Waals surface area contributed by atoms with E-state index in [0.29, 0.717) is 16.9 Å². The van der Waals surface area contributed by atoms with Gasteiger partial charge in [0.05, 0.1) is 16.1 Å². The lowest BCUT2D eigenvalue weighted by atomic mass is 10.1. The molecule has 3 aromatic carbocycles. The summed E-state index contributed by atoms with van der Waals surface area (Å²) in [7, 11) is -4.50. The number of anilines is 1. The number of rotatable bonds is 12. The van der Waals surface area contributed by atoms with Crippen molar-refractivity contribution in [3.8, 4) is 0 Å². The maximum absolute atomic E-state index is 14.1. The second kappa shape index (κ2) is 14.1. The number of halogens is 3. The molecular weight excluding hydrogens is 579 g/mol. The van der Waals surface area contributed by atoms with E-state index in [1.165, 1.54) is 23.1 Å². The number of benzene rings is 3. The molecule has 0 aromatic heterocycles. The van der Waals surface area contributed by atoms with Gasteiger partial charge in [0.1, 0.15) is 12.6 Å². The molecule has 0 heterocycles. The first-order valence-electron chi connectivity index (χ1n) is 14.0. The van der Waals surface area contributed by atoms with Crippen molar-refractivity contribution >= 4 is 27.5 Å². The van der Waals surface area contributed by atoms with Crippen molar-refractivity contribution in [2.75, 3.05) is 17.4 Å². The number of hydrogen-bond acceptors (Lipinski definition) is 4. The second-order valence-electron chi connectivity index (χ2n) is 10.9. The van der Waals surface area contributed by atoms with E-state index in [4.69, 9.17) is 0 Å². The van der Waals surface area contributed by atoms with Crippen LogP contribution in [0.5, 0.6) is 0 Å². The zero-order valence-corrected chi connectivity index (χ0v) is 25.8. The third kappa shape index (κ3) is 8.59. The molecule has 7 nitrogen and oxygen atoms in total. The molecule has 0 aliphatic heterocycles. The average Bonchev–Trinajstić information content (AvgIpc) is 2.95. The van der Waals surface area contributed by atoms with Gasteiger partial charge in [0, 0.05) is 13.1 Å². The van der Waals surface area contributed by atoms with Gasteiger partial charge in [0.15, 0.2) is 0 Å². The summed E-state index contributed by atoms with van der Waals surface area (Å²) in [4.78, 5) is 28.5. The van der Waals surface area contributed by atoms with Crippen LogP contribution < -0.4 is 9.62 Å². The SMILES string of the molecule is CC[C@@H](C(=O)NCC(C)C)N(Cc1ccccc1C)C(=O)CN(c1cccc(C(F)(F)F)c1)S(=O)(=O)c1ccc(C)cc1. The number of hydrogen-bond donors (Lipinski definition) is 1. The number of nitrogens with one attached hydrogen (secondary N) is 1. The first-order valence-corrected chi connectivity index (χ1v) is 15.5. The Labute approximate surface area is 251 Å². The maximum Gasteiger partial charge on any atom is 0.416 e. The van der Waals surface area contributed by atoms with Gasteiger partial charge in [0.2, 0.25) is 11.8 Å². The van der Waals surface area contributed by atoms with Crippen LogP contribution in [0, 0.1) is 19.8 Å². The van der Waals surface area contributed by atoms with E-state index in [1.54, 1.807) is 32.0 Å². The minimum atomic E-state index is -4.74. The second-order valence-corrected chi connectivity index (χ2v) is 12.7. The standard InChI is InChI=1S/C32H38F3N3O4S/c1-6-29(31(40)36-19-22(2)3)37(20-25-11-8-7-10-24(25)5)30(39)21-38(27-13-9-12-26(18-27)32(33,34)35)43(41,42)28-16-14-23(4)15-17-28/h7-18,22,29H,6,19-21H2,1-5H3,(H,36,40)/t29-/m0/s1. The van der Waals surface area contributed by atoms with Crippen LogP contribution in [0.3, 0.4) is 0 Å². The van der Waals surface area contributed by atoms with Gasteiger partial charge in [-0.05, 0) is 67.6 Å².